The van der Waals surface area contributed by atoms with E-state index in [1.54, 1.807) is 12.1 Å². The maximum Gasteiger partial charge on any atom is 0.305 e. The summed E-state index contributed by atoms with van der Waals surface area (Å²) < 4.78 is 6.68. The summed E-state index contributed by atoms with van der Waals surface area (Å²) in [6.07, 6.45) is 5.07. The molecule has 7 heteroatoms. The van der Waals surface area contributed by atoms with Crippen LogP contribution in [0.2, 0.25) is 0 Å². The maximum atomic E-state index is 12.2. The number of furan rings is 1. The molecule has 4 rings (SSSR count). The lowest BCUT2D eigenvalue weighted by molar-refractivity contribution is -0.126. The predicted molar refractivity (Wildman–Crippen MR) is 99.5 cm³/mol. The first-order valence-corrected chi connectivity index (χ1v) is 9.58. The summed E-state index contributed by atoms with van der Waals surface area (Å²) in [6, 6.07) is 11.1. The number of nitrogens with zero attached hydrogens (tertiary/aromatic N) is 1. The normalized spacial score (nSPS) is 15.1. The van der Waals surface area contributed by atoms with Crippen LogP contribution in [0.5, 0.6) is 0 Å². The molecule has 6 nitrogen and oxygen atoms in total. The lowest BCUT2D eigenvalue weighted by Gasteiger charge is -2.20. The van der Waals surface area contributed by atoms with Crippen LogP contribution < -0.4 is 10.9 Å². The van der Waals surface area contributed by atoms with Crippen molar-refractivity contribution in [1.82, 2.24) is 15.8 Å². The average molecular weight is 369 g/mol. The molecule has 26 heavy (non-hydrogen) atoms. The predicted octanol–water partition coefficient (Wildman–Crippen LogP) is 3.90. The second-order valence-corrected chi connectivity index (χ2v) is 7.46. The fourth-order valence-corrected chi connectivity index (χ4v) is 4.13. The Morgan fingerprint density at radius 2 is 1.85 bits per heavy atom. The van der Waals surface area contributed by atoms with Crippen LogP contribution in [-0.4, -0.2) is 16.8 Å². The number of fused-ring (bicyclic) bond motifs is 1. The van der Waals surface area contributed by atoms with Crippen LogP contribution >= 0.6 is 11.3 Å². The molecule has 0 spiro atoms. The molecule has 1 saturated carbocycles. The standard InChI is InChI=1S/C19H19N3O3S/c23-17(12-6-2-1-3-7-12)21-22-18(24)14-10-11-15(25-14)19-20-13-8-4-5-9-16(13)26-19/h4-5,8-12H,1-3,6-7H2,(H,21,23)(H,22,24). The number of amides is 2. The molecule has 1 fully saturated rings. The Kier molecular flexibility index (Phi) is 4.71. The summed E-state index contributed by atoms with van der Waals surface area (Å²) in [4.78, 5) is 28.8. The lowest BCUT2D eigenvalue weighted by atomic mass is 9.89. The third-order valence-electron chi connectivity index (χ3n) is 4.61. The van der Waals surface area contributed by atoms with Gasteiger partial charge in [-0.3, -0.25) is 20.4 Å². The number of thiazole rings is 1. The molecule has 1 aromatic carbocycles. The van der Waals surface area contributed by atoms with Crippen LogP contribution in [0.4, 0.5) is 0 Å². The van der Waals surface area contributed by atoms with E-state index in [1.807, 2.05) is 24.3 Å². The van der Waals surface area contributed by atoms with Crippen LogP contribution in [0.25, 0.3) is 21.0 Å². The van der Waals surface area contributed by atoms with Gasteiger partial charge in [-0.15, -0.1) is 11.3 Å². The minimum Gasteiger partial charge on any atom is -0.448 e. The first kappa shape index (κ1) is 16.8. The fourth-order valence-electron chi connectivity index (χ4n) is 3.20. The van der Waals surface area contributed by atoms with E-state index < -0.39 is 5.91 Å². The Morgan fingerprint density at radius 1 is 1.04 bits per heavy atom. The van der Waals surface area contributed by atoms with Gasteiger partial charge < -0.3 is 4.42 Å². The lowest BCUT2D eigenvalue weighted by Crippen LogP contribution is -2.44. The van der Waals surface area contributed by atoms with Crippen molar-refractivity contribution in [2.24, 2.45) is 5.92 Å². The maximum absolute atomic E-state index is 12.2. The Labute approximate surface area is 154 Å². The molecule has 0 atom stereocenters. The highest BCUT2D eigenvalue weighted by Crippen LogP contribution is 2.31. The molecule has 2 aromatic heterocycles. The monoisotopic (exact) mass is 369 g/mol. The fraction of sp³-hybridized carbons (Fsp3) is 0.316. The van der Waals surface area contributed by atoms with Gasteiger partial charge in [-0.25, -0.2) is 4.98 Å². The van der Waals surface area contributed by atoms with Crippen LogP contribution in [0.15, 0.2) is 40.8 Å². The minimum absolute atomic E-state index is 0.0149. The molecule has 2 N–H and O–H groups in total. The first-order valence-electron chi connectivity index (χ1n) is 8.77. The smallest absolute Gasteiger partial charge is 0.305 e. The highest BCUT2D eigenvalue weighted by molar-refractivity contribution is 7.21. The molecule has 0 saturated heterocycles. The number of aromatic nitrogens is 1. The van der Waals surface area contributed by atoms with E-state index in [0.717, 1.165) is 40.9 Å². The molecule has 2 amide bonds. The third kappa shape index (κ3) is 3.48. The van der Waals surface area contributed by atoms with E-state index in [0.29, 0.717) is 5.76 Å². The van der Waals surface area contributed by atoms with Gasteiger partial charge in [-0.2, -0.15) is 0 Å². The van der Waals surface area contributed by atoms with Gasteiger partial charge >= 0.3 is 5.91 Å². The van der Waals surface area contributed by atoms with E-state index >= 15 is 0 Å². The number of carbonyl (C=O) groups is 2. The zero-order chi connectivity index (χ0) is 17.9. The third-order valence-corrected chi connectivity index (χ3v) is 5.66. The molecule has 1 aliphatic rings. The van der Waals surface area contributed by atoms with Gasteiger partial charge in [-0.05, 0) is 37.1 Å². The molecule has 0 radical (unpaired) electrons. The van der Waals surface area contributed by atoms with Crippen molar-refractivity contribution in [2.45, 2.75) is 32.1 Å². The van der Waals surface area contributed by atoms with E-state index in [1.165, 1.54) is 17.8 Å². The molecule has 2 heterocycles. The Morgan fingerprint density at radius 3 is 2.65 bits per heavy atom. The number of hydrazine groups is 1. The molecule has 134 valence electrons. The van der Waals surface area contributed by atoms with Gasteiger partial charge in [0.2, 0.25) is 5.91 Å². The van der Waals surface area contributed by atoms with Crippen LogP contribution in [0, 0.1) is 5.92 Å². The highest BCUT2D eigenvalue weighted by Gasteiger charge is 2.22. The highest BCUT2D eigenvalue weighted by atomic mass is 32.1. The van der Waals surface area contributed by atoms with E-state index in [2.05, 4.69) is 15.8 Å². The summed E-state index contributed by atoms with van der Waals surface area (Å²) in [5, 5.41) is 0.719. The number of para-hydroxylation sites is 1. The number of rotatable bonds is 3. The van der Waals surface area contributed by atoms with Crippen molar-refractivity contribution in [1.29, 1.82) is 0 Å². The summed E-state index contributed by atoms with van der Waals surface area (Å²) in [5.41, 5.74) is 5.85. The van der Waals surface area contributed by atoms with Crippen molar-refractivity contribution in [2.75, 3.05) is 0 Å². The Bertz CT molecular complexity index is 907. The minimum atomic E-state index is -0.471. The van der Waals surface area contributed by atoms with Crippen LogP contribution in [0.3, 0.4) is 0 Å². The first-order chi connectivity index (χ1) is 12.7. The van der Waals surface area contributed by atoms with Crippen molar-refractivity contribution < 1.29 is 14.0 Å². The molecule has 0 bridgehead atoms. The van der Waals surface area contributed by atoms with Gasteiger partial charge in [-0.1, -0.05) is 31.4 Å². The van der Waals surface area contributed by atoms with E-state index in [4.69, 9.17) is 4.42 Å². The summed E-state index contributed by atoms with van der Waals surface area (Å²) in [7, 11) is 0. The molecular formula is C19H19N3O3S. The topological polar surface area (TPSA) is 84.2 Å². The average Bonchev–Trinajstić information content (AvgIpc) is 3.33. The van der Waals surface area contributed by atoms with Crippen LogP contribution in [0.1, 0.15) is 42.7 Å². The van der Waals surface area contributed by atoms with Crippen molar-refractivity contribution in [3.05, 3.63) is 42.2 Å². The van der Waals surface area contributed by atoms with E-state index in [9.17, 15) is 9.59 Å². The quantitative estimate of drug-likeness (QED) is 0.686. The number of nitrogens with one attached hydrogen (secondary N) is 2. The van der Waals surface area contributed by atoms with Crippen molar-refractivity contribution in [3.8, 4) is 10.8 Å². The number of hydrogen-bond acceptors (Lipinski definition) is 5. The summed E-state index contributed by atoms with van der Waals surface area (Å²) >= 11 is 1.51. The van der Waals surface area contributed by atoms with Crippen molar-refractivity contribution in [3.63, 3.8) is 0 Å². The molecule has 0 aliphatic heterocycles. The van der Waals surface area contributed by atoms with Gasteiger partial charge in [0.05, 0.1) is 10.2 Å². The molecule has 1 aliphatic carbocycles. The number of carbonyl (C=O) groups excluding carboxylic acids is 2. The number of benzene rings is 1. The zero-order valence-corrected chi connectivity index (χ0v) is 15.0. The van der Waals surface area contributed by atoms with Crippen molar-refractivity contribution >= 4 is 33.4 Å². The van der Waals surface area contributed by atoms with Gasteiger partial charge in [0.25, 0.3) is 0 Å². The summed E-state index contributed by atoms with van der Waals surface area (Å²) in [5.74, 6) is 0.0645. The summed E-state index contributed by atoms with van der Waals surface area (Å²) in [6.45, 7) is 0. The second-order valence-electron chi connectivity index (χ2n) is 6.43. The van der Waals surface area contributed by atoms with Gasteiger partial charge in [0.15, 0.2) is 16.5 Å². The Balaban J connectivity index is 1.40. The van der Waals surface area contributed by atoms with Gasteiger partial charge in [0, 0.05) is 5.92 Å². The Hall–Kier alpha value is -2.67. The van der Waals surface area contributed by atoms with Gasteiger partial charge in [0.1, 0.15) is 0 Å². The molecule has 0 unspecified atom stereocenters. The largest absolute Gasteiger partial charge is 0.448 e. The SMILES string of the molecule is O=C(NNC(=O)C1CCCCC1)c1ccc(-c2nc3ccccc3s2)o1. The molecule has 3 aromatic rings. The molecular weight excluding hydrogens is 350 g/mol. The van der Waals surface area contributed by atoms with E-state index in [-0.39, 0.29) is 17.6 Å². The second kappa shape index (κ2) is 7.29. The number of hydrogen-bond donors (Lipinski definition) is 2. The zero-order valence-electron chi connectivity index (χ0n) is 14.2. The van der Waals surface area contributed by atoms with Crippen LogP contribution in [-0.2, 0) is 4.79 Å².